The summed E-state index contributed by atoms with van der Waals surface area (Å²) in [6.45, 7) is 3.05. The lowest BCUT2D eigenvalue weighted by molar-refractivity contribution is 0.0699. The number of H-pyrrole nitrogens is 1. The summed E-state index contributed by atoms with van der Waals surface area (Å²) in [5.74, 6) is -6.66. The zero-order chi connectivity index (χ0) is 24.9. The molecule has 0 amide bonds. The Kier molecular flexibility index (Phi) is 5.80. The van der Waals surface area contributed by atoms with Crippen LogP contribution in [0.1, 0.15) is 34.6 Å². The van der Waals surface area contributed by atoms with Gasteiger partial charge in [0, 0.05) is 6.54 Å². The maximum atomic E-state index is 15.2. The second-order valence-electron chi connectivity index (χ2n) is 8.82. The lowest BCUT2D eigenvalue weighted by Gasteiger charge is -2.14. The monoisotopic (exact) mass is 483 g/mol. The fourth-order valence-corrected chi connectivity index (χ4v) is 4.22. The first-order valence-electron chi connectivity index (χ1n) is 11.1. The van der Waals surface area contributed by atoms with Crippen LogP contribution in [0.4, 0.5) is 17.6 Å². The number of nitrogens with one attached hydrogen (secondary N) is 2. The van der Waals surface area contributed by atoms with E-state index < -0.39 is 40.4 Å². The molecular formula is C26H21F4N3O2. The summed E-state index contributed by atoms with van der Waals surface area (Å²) in [5, 5.41) is 12.8. The molecule has 5 nitrogen and oxygen atoms in total. The van der Waals surface area contributed by atoms with Crippen LogP contribution in [-0.2, 0) is 6.54 Å². The molecular weight excluding hydrogens is 462 g/mol. The molecule has 180 valence electrons. The Hall–Kier alpha value is -3.72. The van der Waals surface area contributed by atoms with E-state index in [4.69, 9.17) is 0 Å². The molecule has 35 heavy (non-hydrogen) atoms. The summed E-state index contributed by atoms with van der Waals surface area (Å²) in [6.07, 6.45) is 2.43. The molecule has 4 aromatic rings. The van der Waals surface area contributed by atoms with Crippen molar-refractivity contribution < 1.29 is 27.5 Å². The highest BCUT2D eigenvalue weighted by atomic mass is 19.2. The second-order valence-corrected chi connectivity index (χ2v) is 8.82. The number of aromatic nitrogens is 2. The predicted octanol–water partition coefficient (Wildman–Crippen LogP) is 5.96. The molecule has 0 spiro atoms. The minimum Gasteiger partial charge on any atom is -0.478 e. The highest BCUT2D eigenvalue weighted by Crippen LogP contribution is 2.38. The highest BCUT2D eigenvalue weighted by molar-refractivity contribution is 6.03. The quantitative estimate of drug-likeness (QED) is 0.224. The minimum atomic E-state index is -1.61. The number of carboxylic acid groups (broad SMARTS) is 1. The first-order valence-corrected chi connectivity index (χ1v) is 11.1. The van der Waals surface area contributed by atoms with Crippen LogP contribution in [0.25, 0.3) is 33.3 Å². The van der Waals surface area contributed by atoms with Gasteiger partial charge in [0.15, 0.2) is 23.3 Å². The van der Waals surface area contributed by atoms with Gasteiger partial charge in [0.1, 0.15) is 11.3 Å². The van der Waals surface area contributed by atoms with Crippen LogP contribution in [0.3, 0.4) is 0 Å². The Morgan fingerprint density at radius 3 is 2.17 bits per heavy atom. The van der Waals surface area contributed by atoms with E-state index in [9.17, 15) is 9.90 Å². The number of aromatic amines is 1. The molecule has 1 heterocycles. The van der Waals surface area contributed by atoms with Crippen molar-refractivity contribution in [1.29, 1.82) is 0 Å². The van der Waals surface area contributed by atoms with Crippen molar-refractivity contribution in [1.82, 2.24) is 15.3 Å². The van der Waals surface area contributed by atoms with Gasteiger partial charge in [0.2, 0.25) is 0 Å². The number of carbonyl (C=O) groups is 1. The largest absolute Gasteiger partial charge is 0.478 e. The Labute approximate surface area is 197 Å². The van der Waals surface area contributed by atoms with E-state index in [0.717, 1.165) is 18.2 Å². The van der Waals surface area contributed by atoms with E-state index in [2.05, 4.69) is 15.3 Å². The van der Waals surface area contributed by atoms with Crippen molar-refractivity contribution in [3.8, 4) is 22.3 Å². The minimum absolute atomic E-state index is 0.0128. The lowest BCUT2D eigenvalue weighted by Crippen LogP contribution is -2.15. The van der Waals surface area contributed by atoms with Crippen LogP contribution >= 0.6 is 0 Å². The maximum absolute atomic E-state index is 15.2. The second kappa shape index (κ2) is 8.81. The van der Waals surface area contributed by atoms with Crippen molar-refractivity contribution in [2.24, 2.45) is 5.92 Å². The van der Waals surface area contributed by atoms with Gasteiger partial charge < -0.3 is 15.4 Å². The number of hydrogen-bond donors (Lipinski definition) is 3. The molecule has 0 unspecified atom stereocenters. The zero-order valence-electron chi connectivity index (χ0n) is 18.7. The van der Waals surface area contributed by atoms with Crippen molar-refractivity contribution >= 4 is 17.0 Å². The van der Waals surface area contributed by atoms with Gasteiger partial charge in [-0.2, -0.15) is 0 Å². The van der Waals surface area contributed by atoms with E-state index in [1.165, 1.54) is 31.0 Å². The summed E-state index contributed by atoms with van der Waals surface area (Å²) in [7, 11) is 0. The number of benzene rings is 3. The van der Waals surface area contributed by atoms with E-state index in [-0.39, 0.29) is 27.7 Å². The summed E-state index contributed by atoms with van der Waals surface area (Å²) in [4.78, 5) is 18.5. The molecule has 9 heteroatoms. The number of aromatic carboxylic acids is 1. The molecule has 1 aliphatic carbocycles. The van der Waals surface area contributed by atoms with Gasteiger partial charge in [0.25, 0.3) is 0 Å². The summed E-state index contributed by atoms with van der Waals surface area (Å²) >= 11 is 0. The molecule has 0 bridgehead atoms. The van der Waals surface area contributed by atoms with E-state index in [1.807, 2.05) is 0 Å². The van der Waals surface area contributed by atoms with Crippen LogP contribution in [0.15, 0.2) is 36.4 Å². The molecule has 0 atom stereocenters. The highest BCUT2D eigenvalue weighted by Gasteiger charge is 2.28. The summed E-state index contributed by atoms with van der Waals surface area (Å²) in [5.41, 5.74) is -1.38. The van der Waals surface area contributed by atoms with Crippen LogP contribution in [-0.4, -0.2) is 27.6 Å². The first kappa shape index (κ1) is 23.0. The molecule has 1 saturated carbocycles. The molecule has 1 aromatic heterocycles. The average molecular weight is 483 g/mol. The number of imidazole rings is 1. The number of nitrogens with zero attached hydrogens (tertiary/aromatic N) is 1. The van der Waals surface area contributed by atoms with Crippen molar-refractivity contribution in [3.63, 3.8) is 0 Å². The molecule has 1 aliphatic rings. The van der Waals surface area contributed by atoms with Crippen LogP contribution in [0.5, 0.6) is 0 Å². The van der Waals surface area contributed by atoms with Gasteiger partial charge in [-0.1, -0.05) is 24.3 Å². The van der Waals surface area contributed by atoms with Crippen molar-refractivity contribution in [3.05, 3.63) is 76.6 Å². The topological polar surface area (TPSA) is 78.0 Å². The average Bonchev–Trinajstić information content (AvgIpc) is 3.57. The fraction of sp³-hybridized carbons (Fsp3) is 0.231. The molecule has 3 aromatic carbocycles. The molecule has 0 saturated heterocycles. The first-order chi connectivity index (χ1) is 16.7. The zero-order valence-corrected chi connectivity index (χ0v) is 18.7. The Bertz CT molecular complexity index is 1430. The van der Waals surface area contributed by atoms with Gasteiger partial charge in [-0.3, -0.25) is 0 Å². The Balaban J connectivity index is 1.55. The van der Waals surface area contributed by atoms with E-state index >= 15 is 17.6 Å². The van der Waals surface area contributed by atoms with E-state index in [1.54, 1.807) is 19.1 Å². The molecule has 0 radical (unpaired) electrons. The SMILES string of the molecule is Cc1nc2c(C(=O)O)cc(-c3c(F)c(F)c(-c4ccc(CNCC5CC5)cc4)c(F)c3F)cc2[nH]1. The predicted molar refractivity (Wildman–Crippen MR) is 123 cm³/mol. The van der Waals surface area contributed by atoms with Gasteiger partial charge >= 0.3 is 5.97 Å². The van der Waals surface area contributed by atoms with Gasteiger partial charge in [-0.25, -0.2) is 27.3 Å². The van der Waals surface area contributed by atoms with Crippen molar-refractivity contribution in [2.45, 2.75) is 26.3 Å². The standard InChI is InChI=1S/C26H21F4N3O2/c1-12-32-18-9-16(8-17(26(34)35)25(18)33-12)20-23(29)21(27)19(22(28)24(20)30)15-6-4-14(5-7-15)11-31-10-13-2-3-13/h4-9,13,31H,2-3,10-11H2,1H3,(H,32,33)(H,34,35). The third-order valence-corrected chi connectivity index (χ3v) is 6.19. The smallest absolute Gasteiger partial charge is 0.337 e. The van der Waals surface area contributed by atoms with Gasteiger partial charge in [-0.15, -0.1) is 0 Å². The number of fused-ring (bicyclic) bond motifs is 1. The van der Waals surface area contributed by atoms with Crippen LogP contribution in [0, 0.1) is 36.1 Å². The Morgan fingerprint density at radius 2 is 1.60 bits per heavy atom. The van der Waals surface area contributed by atoms with Gasteiger partial charge in [-0.05, 0) is 61.1 Å². The third kappa shape index (κ3) is 4.27. The van der Waals surface area contributed by atoms with Gasteiger partial charge in [0.05, 0.1) is 22.2 Å². The number of aryl methyl sites for hydroxylation is 1. The van der Waals surface area contributed by atoms with Crippen LogP contribution < -0.4 is 5.32 Å². The number of carboxylic acids is 1. The lowest BCUT2D eigenvalue weighted by atomic mass is 9.95. The molecule has 5 rings (SSSR count). The van der Waals surface area contributed by atoms with Crippen LogP contribution in [0.2, 0.25) is 0 Å². The van der Waals surface area contributed by atoms with Crippen molar-refractivity contribution in [2.75, 3.05) is 6.54 Å². The van der Waals surface area contributed by atoms with E-state index in [0.29, 0.717) is 18.3 Å². The molecule has 3 N–H and O–H groups in total. The summed E-state index contributed by atoms with van der Waals surface area (Å²) < 4.78 is 60.6. The molecule has 1 fully saturated rings. The number of hydrogen-bond acceptors (Lipinski definition) is 3. The molecule has 0 aliphatic heterocycles. The third-order valence-electron chi connectivity index (χ3n) is 6.19. The summed E-state index contributed by atoms with van der Waals surface area (Å²) in [6, 6.07) is 8.28. The fourth-order valence-electron chi connectivity index (χ4n) is 4.22. The Morgan fingerprint density at radius 1 is 1.00 bits per heavy atom. The maximum Gasteiger partial charge on any atom is 0.337 e. The number of rotatable bonds is 7. The number of halogens is 4. The normalized spacial score (nSPS) is 13.5.